The van der Waals surface area contributed by atoms with Crippen molar-refractivity contribution in [1.82, 2.24) is 10.1 Å². The van der Waals surface area contributed by atoms with Crippen molar-refractivity contribution >= 4 is 11.8 Å². The quantitative estimate of drug-likeness (QED) is 0.248. The zero-order valence-electron chi connectivity index (χ0n) is 16.3. The van der Waals surface area contributed by atoms with E-state index in [-0.39, 0.29) is 18.6 Å². The third kappa shape index (κ3) is 5.08. The number of halogens is 1. The summed E-state index contributed by atoms with van der Waals surface area (Å²) in [5, 5.41) is 3.91. The molecule has 1 heterocycles. The number of ether oxygens (including phenoxy) is 1. The molecule has 0 bridgehead atoms. The maximum absolute atomic E-state index is 13.0. The van der Waals surface area contributed by atoms with Crippen LogP contribution in [0.4, 0.5) is 4.39 Å². The molecule has 154 valence electrons. The lowest BCUT2D eigenvalue weighted by atomic mass is 10.0. The first kappa shape index (κ1) is 20.2. The van der Waals surface area contributed by atoms with Gasteiger partial charge in [-0.25, -0.2) is 4.39 Å². The molecule has 0 fully saturated rings. The van der Waals surface area contributed by atoms with E-state index in [2.05, 4.69) is 10.1 Å². The number of hydrogen-bond donors (Lipinski definition) is 0. The molecular weight excluding hydrogens is 399 g/mol. The fourth-order valence-corrected chi connectivity index (χ4v) is 2.89. The van der Waals surface area contributed by atoms with Gasteiger partial charge in [-0.3, -0.25) is 9.59 Å². The van der Waals surface area contributed by atoms with Gasteiger partial charge in [0.1, 0.15) is 11.6 Å². The van der Waals surface area contributed by atoms with Crippen LogP contribution >= 0.6 is 0 Å². The van der Waals surface area contributed by atoms with Crippen LogP contribution in [0.25, 0.3) is 11.4 Å². The van der Waals surface area contributed by atoms with Crippen molar-refractivity contribution in [2.45, 2.75) is 12.8 Å². The maximum Gasteiger partial charge on any atom is 0.311 e. The van der Waals surface area contributed by atoms with E-state index in [0.717, 1.165) is 5.56 Å². The summed E-state index contributed by atoms with van der Waals surface area (Å²) in [5.41, 5.74) is 1.61. The summed E-state index contributed by atoms with van der Waals surface area (Å²) in [7, 11) is 0. The van der Waals surface area contributed by atoms with Crippen LogP contribution < -0.4 is 4.74 Å². The molecule has 0 N–H and O–H groups in total. The van der Waals surface area contributed by atoms with E-state index >= 15 is 0 Å². The second-order valence-corrected chi connectivity index (χ2v) is 6.71. The summed E-state index contributed by atoms with van der Waals surface area (Å²) < 4.78 is 23.5. The standard InChI is InChI=1S/C24H17FN2O4/c25-19-10-6-16(7-11-19)23(29)17-8-12-20(13-9-17)30-22(28)15-14-21-26-24(27-31-21)18-4-2-1-3-5-18/h1-13H,14-15H2. The normalized spacial score (nSPS) is 10.6. The average molecular weight is 416 g/mol. The second-order valence-electron chi connectivity index (χ2n) is 6.71. The number of hydrogen-bond acceptors (Lipinski definition) is 6. The maximum atomic E-state index is 13.0. The van der Waals surface area contributed by atoms with Crippen LogP contribution in [0, 0.1) is 5.82 Å². The lowest BCUT2D eigenvalue weighted by Crippen LogP contribution is -2.09. The van der Waals surface area contributed by atoms with Gasteiger partial charge in [-0.05, 0) is 48.5 Å². The average Bonchev–Trinajstić information content (AvgIpc) is 3.28. The highest BCUT2D eigenvalue weighted by Crippen LogP contribution is 2.18. The van der Waals surface area contributed by atoms with Crippen molar-refractivity contribution in [2.24, 2.45) is 0 Å². The molecule has 1 aromatic heterocycles. The number of carbonyl (C=O) groups excluding carboxylic acids is 2. The molecule has 4 rings (SSSR count). The minimum absolute atomic E-state index is 0.0622. The Morgan fingerprint density at radius 3 is 2.19 bits per heavy atom. The zero-order chi connectivity index (χ0) is 21.6. The summed E-state index contributed by atoms with van der Waals surface area (Å²) in [5.74, 6) is 0.00813. The van der Waals surface area contributed by atoms with Gasteiger partial charge in [0, 0.05) is 23.1 Å². The molecule has 0 radical (unpaired) electrons. The highest BCUT2D eigenvalue weighted by Gasteiger charge is 2.13. The van der Waals surface area contributed by atoms with E-state index in [1.165, 1.54) is 36.4 Å². The van der Waals surface area contributed by atoms with Crippen LogP contribution in [0.5, 0.6) is 5.75 Å². The van der Waals surface area contributed by atoms with Crippen LogP contribution in [-0.4, -0.2) is 21.9 Å². The zero-order valence-corrected chi connectivity index (χ0v) is 16.3. The van der Waals surface area contributed by atoms with Crippen molar-refractivity contribution in [3.8, 4) is 17.1 Å². The number of benzene rings is 3. The van der Waals surface area contributed by atoms with Crippen molar-refractivity contribution in [3.63, 3.8) is 0 Å². The SMILES string of the molecule is O=C(CCc1nc(-c2ccccc2)no1)Oc1ccc(C(=O)c2ccc(F)cc2)cc1. The van der Waals surface area contributed by atoms with Crippen molar-refractivity contribution in [3.05, 3.63) is 102 Å². The molecule has 0 spiro atoms. The molecular formula is C24H17FN2O4. The lowest BCUT2D eigenvalue weighted by Gasteiger charge is -2.05. The van der Waals surface area contributed by atoms with Gasteiger partial charge in [0.2, 0.25) is 11.7 Å². The molecule has 3 aromatic carbocycles. The highest BCUT2D eigenvalue weighted by molar-refractivity contribution is 6.09. The lowest BCUT2D eigenvalue weighted by molar-refractivity contribution is -0.134. The first-order valence-electron chi connectivity index (χ1n) is 9.57. The van der Waals surface area contributed by atoms with Gasteiger partial charge >= 0.3 is 5.97 Å². The van der Waals surface area contributed by atoms with Gasteiger partial charge in [-0.1, -0.05) is 35.5 Å². The second kappa shape index (κ2) is 9.13. The summed E-state index contributed by atoms with van der Waals surface area (Å²) in [6.07, 6.45) is 0.312. The van der Waals surface area contributed by atoms with Crippen molar-refractivity contribution < 1.29 is 23.2 Å². The van der Waals surface area contributed by atoms with Crippen molar-refractivity contribution in [2.75, 3.05) is 0 Å². The number of carbonyl (C=O) groups is 2. The van der Waals surface area contributed by atoms with Crippen molar-refractivity contribution in [1.29, 1.82) is 0 Å². The minimum Gasteiger partial charge on any atom is -0.427 e. The van der Waals surface area contributed by atoms with Gasteiger partial charge in [0.05, 0.1) is 6.42 Å². The van der Waals surface area contributed by atoms with E-state index in [9.17, 15) is 14.0 Å². The number of aromatic nitrogens is 2. The topological polar surface area (TPSA) is 82.3 Å². The molecule has 0 saturated heterocycles. The number of rotatable bonds is 7. The van der Waals surface area contributed by atoms with Gasteiger partial charge in [-0.15, -0.1) is 0 Å². The minimum atomic E-state index is -0.461. The molecule has 0 unspecified atom stereocenters. The predicted molar refractivity (Wildman–Crippen MR) is 110 cm³/mol. The molecule has 0 atom stereocenters. The Kier molecular flexibility index (Phi) is 5.93. The van der Waals surface area contributed by atoms with Gasteiger partial charge in [0.25, 0.3) is 0 Å². The highest BCUT2D eigenvalue weighted by atomic mass is 19.1. The summed E-state index contributed by atoms with van der Waals surface area (Å²) in [6.45, 7) is 0. The molecule has 0 amide bonds. The Balaban J connectivity index is 1.31. The Morgan fingerprint density at radius 1 is 0.871 bits per heavy atom. The third-order valence-corrected chi connectivity index (χ3v) is 4.50. The molecule has 4 aromatic rings. The predicted octanol–water partition coefficient (Wildman–Crippen LogP) is 4.64. The molecule has 31 heavy (non-hydrogen) atoms. The Morgan fingerprint density at radius 2 is 1.52 bits per heavy atom. The van der Waals surface area contributed by atoms with Crippen LogP contribution in [0.15, 0.2) is 83.4 Å². The summed E-state index contributed by atoms with van der Waals surface area (Å²) in [6, 6.07) is 20.9. The van der Waals surface area contributed by atoms with E-state index in [1.807, 2.05) is 30.3 Å². The molecule has 0 aliphatic rings. The molecule has 0 aliphatic carbocycles. The van der Waals surface area contributed by atoms with Crippen LogP contribution in [0.3, 0.4) is 0 Å². The number of aryl methyl sites for hydroxylation is 1. The van der Waals surface area contributed by atoms with Crippen LogP contribution in [0.2, 0.25) is 0 Å². The van der Waals surface area contributed by atoms with Crippen LogP contribution in [-0.2, 0) is 11.2 Å². The molecule has 6 nitrogen and oxygen atoms in total. The summed E-state index contributed by atoms with van der Waals surface area (Å²) >= 11 is 0. The monoisotopic (exact) mass is 416 g/mol. The third-order valence-electron chi connectivity index (χ3n) is 4.50. The number of ketones is 1. The fraction of sp³-hybridized carbons (Fsp3) is 0.0833. The smallest absolute Gasteiger partial charge is 0.311 e. The van der Waals surface area contributed by atoms with E-state index < -0.39 is 11.8 Å². The van der Waals surface area contributed by atoms with Gasteiger partial charge in [0.15, 0.2) is 5.78 Å². The fourth-order valence-electron chi connectivity index (χ4n) is 2.89. The largest absolute Gasteiger partial charge is 0.427 e. The van der Waals surface area contributed by atoms with Crippen LogP contribution in [0.1, 0.15) is 28.2 Å². The molecule has 0 saturated carbocycles. The van der Waals surface area contributed by atoms with E-state index in [0.29, 0.717) is 28.6 Å². The molecule has 0 aliphatic heterocycles. The summed E-state index contributed by atoms with van der Waals surface area (Å²) in [4.78, 5) is 28.8. The van der Waals surface area contributed by atoms with Gasteiger partial charge < -0.3 is 9.26 Å². The Hall–Kier alpha value is -4.13. The number of esters is 1. The first-order valence-corrected chi connectivity index (χ1v) is 9.57. The first-order chi connectivity index (χ1) is 15.1. The van der Waals surface area contributed by atoms with Gasteiger partial charge in [-0.2, -0.15) is 4.98 Å². The van der Waals surface area contributed by atoms with E-state index in [1.54, 1.807) is 12.1 Å². The van der Waals surface area contributed by atoms with E-state index in [4.69, 9.17) is 9.26 Å². The Labute approximate surface area is 177 Å². The Bertz CT molecular complexity index is 1190. The number of nitrogens with zero attached hydrogens (tertiary/aromatic N) is 2. The molecule has 7 heteroatoms.